The number of fused-ring (bicyclic) bond motifs is 3. The number of rotatable bonds is 5. The third kappa shape index (κ3) is 3.29. The molecule has 0 spiro atoms. The highest BCUT2D eigenvalue weighted by atomic mass is 19.1. The first-order valence-electron chi connectivity index (χ1n) is 13.0. The first-order chi connectivity index (χ1) is 16.4. The smallest absolute Gasteiger partial charge is 0.241 e. The predicted molar refractivity (Wildman–Crippen MR) is 124 cm³/mol. The maximum Gasteiger partial charge on any atom is 0.241 e. The lowest BCUT2D eigenvalue weighted by Gasteiger charge is -2.50. The Balaban J connectivity index is 1.18. The number of hydrogen-bond donors (Lipinski definition) is 0. The summed E-state index contributed by atoms with van der Waals surface area (Å²) < 4.78 is 13.7. The van der Waals surface area contributed by atoms with Gasteiger partial charge in [-0.2, -0.15) is 5.26 Å². The maximum absolute atomic E-state index is 13.8. The third-order valence-electron chi connectivity index (χ3n) is 9.23. The van der Waals surface area contributed by atoms with Crippen LogP contribution in [0.1, 0.15) is 63.9 Å². The zero-order valence-electron chi connectivity index (χ0n) is 19.8. The molecule has 3 aliphatic heterocycles. The molecular weight excluding hydrogens is 431 g/mol. The second-order valence-corrected chi connectivity index (χ2v) is 11.3. The lowest BCUT2D eigenvalue weighted by molar-refractivity contribution is -0.148. The molecule has 1 aromatic carbocycles. The van der Waals surface area contributed by atoms with Gasteiger partial charge in [-0.25, -0.2) is 4.39 Å². The molecule has 2 amide bonds. The zero-order valence-corrected chi connectivity index (χ0v) is 19.8. The van der Waals surface area contributed by atoms with Crippen LogP contribution in [0.3, 0.4) is 0 Å². The molecule has 6 rings (SSSR count). The van der Waals surface area contributed by atoms with E-state index in [4.69, 9.17) is 0 Å². The number of benzene rings is 1. The van der Waals surface area contributed by atoms with Crippen LogP contribution in [-0.4, -0.2) is 63.8 Å². The Bertz CT molecular complexity index is 1030. The summed E-state index contributed by atoms with van der Waals surface area (Å²) in [6.07, 6.45) is 7.82. The molecule has 1 aromatic rings. The number of hydrogen-bond acceptors (Lipinski definition) is 4. The summed E-state index contributed by atoms with van der Waals surface area (Å²) in [6, 6.07) is 9.00. The van der Waals surface area contributed by atoms with E-state index in [2.05, 4.69) is 15.9 Å². The van der Waals surface area contributed by atoms with Crippen molar-refractivity contribution in [2.45, 2.75) is 88.0 Å². The summed E-state index contributed by atoms with van der Waals surface area (Å²) in [5.41, 5.74) is 0.715. The van der Waals surface area contributed by atoms with E-state index in [1.807, 2.05) is 24.0 Å². The normalized spacial score (nSPS) is 34.7. The number of piperidine rings is 1. The van der Waals surface area contributed by atoms with Crippen molar-refractivity contribution < 1.29 is 14.0 Å². The van der Waals surface area contributed by atoms with Crippen LogP contribution >= 0.6 is 0 Å². The molecule has 5 aliphatic rings. The Morgan fingerprint density at radius 3 is 2.59 bits per heavy atom. The van der Waals surface area contributed by atoms with Gasteiger partial charge in [-0.15, -0.1) is 0 Å². The summed E-state index contributed by atoms with van der Waals surface area (Å²) in [4.78, 5) is 33.2. The molecule has 5 fully saturated rings. The van der Waals surface area contributed by atoms with E-state index in [0.717, 1.165) is 57.1 Å². The molecule has 2 bridgehead atoms. The quantitative estimate of drug-likeness (QED) is 0.670. The number of likely N-dealkylation sites (tertiary alicyclic amines) is 3. The number of piperazine rings is 1. The van der Waals surface area contributed by atoms with Gasteiger partial charge in [0.25, 0.3) is 0 Å². The van der Waals surface area contributed by atoms with Gasteiger partial charge < -0.3 is 9.80 Å². The fourth-order valence-corrected chi connectivity index (χ4v) is 7.56. The molecule has 2 aliphatic carbocycles. The second-order valence-electron chi connectivity index (χ2n) is 11.3. The van der Waals surface area contributed by atoms with Gasteiger partial charge in [-0.05, 0) is 55.7 Å². The molecule has 0 radical (unpaired) electrons. The van der Waals surface area contributed by atoms with Gasteiger partial charge in [0.2, 0.25) is 11.8 Å². The largest absolute Gasteiger partial charge is 0.327 e. The average Bonchev–Trinajstić information content (AvgIpc) is 3.17. The van der Waals surface area contributed by atoms with Gasteiger partial charge in [0.05, 0.1) is 17.6 Å². The summed E-state index contributed by atoms with van der Waals surface area (Å²) in [5.74, 6) is 0.274. The lowest BCUT2D eigenvalue weighted by atomic mass is 9.74. The van der Waals surface area contributed by atoms with E-state index < -0.39 is 0 Å². The standard InChI is InChI=1S/C27H33FN4O2/c1-17(25(33)31-21(14-29)11-18-12-23(18)31)15-30-16-22-13-24(30)26(34)32(22)27(9-3-2-4-10-27)19-5-7-20(28)8-6-19/h5-8,17-18,21-24H,2-4,9-13,15-16H2,1H3/t17-,18+,21-,22-,23?,24-/m0/s1. The average molecular weight is 465 g/mol. The van der Waals surface area contributed by atoms with Crippen LogP contribution in [0.4, 0.5) is 4.39 Å². The first kappa shape index (κ1) is 22.0. The Kier molecular flexibility index (Phi) is 5.22. The minimum atomic E-state index is -0.341. The van der Waals surface area contributed by atoms with E-state index >= 15 is 0 Å². The lowest BCUT2D eigenvalue weighted by Crippen LogP contribution is -2.60. The Hall–Kier alpha value is -2.46. The third-order valence-corrected chi connectivity index (χ3v) is 9.23. The summed E-state index contributed by atoms with van der Waals surface area (Å²) in [7, 11) is 0. The van der Waals surface area contributed by atoms with Crippen LogP contribution in [0.5, 0.6) is 0 Å². The highest BCUT2D eigenvalue weighted by Crippen LogP contribution is 2.50. The number of halogens is 1. The Morgan fingerprint density at radius 1 is 1.18 bits per heavy atom. The molecule has 3 saturated heterocycles. The molecule has 180 valence electrons. The number of amides is 2. The van der Waals surface area contributed by atoms with Crippen molar-refractivity contribution in [2.24, 2.45) is 11.8 Å². The van der Waals surface area contributed by atoms with Crippen molar-refractivity contribution in [1.82, 2.24) is 14.7 Å². The van der Waals surface area contributed by atoms with Crippen molar-refractivity contribution in [3.63, 3.8) is 0 Å². The van der Waals surface area contributed by atoms with Crippen molar-refractivity contribution in [2.75, 3.05) is 13.1 Å². The van der Waals surface area contributed by atoms with E-state index in [0.29, 0.717) is 12.5 Å². The van der Waals surface area contributed by atoms with Gasteiger partial charge in [0, 0.05) is 31.1 Å². The van der Waals surface area contributed by atoms with Crippen LogP contribution in [0.15, 0.2) is 24.3 Å². The molecule has 2 saturated carbocycles. The SMILES string of the molecule is C[C@@H](CN1C[C@@H]2C[C@H]1C(=O)N2C1(c2ccc(F)cc2)CCCCC1)C(=O)N1C2C[C@H]2C[C@H]1C#N. The van der Waals surface area contributed by atoms with Gasteiger partial charge in [-0.3, -0.25) is 14.5 Å². The highest BCUT2D eigenvalue weighted by molar-refractivity contribution is 5.87. The molecule has 1 unspecified atom stereocenters. The van der Waals surface area contributed by atoms with Crippen LogP contribution in [0.2, 0.25) is 0 Å². The molecular formula is C27H33FN4O2. The molecule has 0 N–H and O–H groups in total. The summed E-state index contributed by atoms with van der Waals surface area (Å²) in [5, 5.41) is 9.47. The number of carbonyl (C=O) groups excluding carboxylic acids is 2. The van der Waals surface area contributed by atoms with Gasteiger partial charge in [-0.1, -0.05) is 38.3 Å². The number of nitrogens with zero attached hydrogens (tertiary/aromatic N) is 4. The minimum Gasteiger partial charge on any atom is -0.327 e. The highest BCUT2D eigenvalue weighted by Gasteiger charge is 2.58. The van der Waals surface area contributed by atoms with Crippen molar-refractivity contribution in [3.05, 3.63) is 35.6 Å². The second kappa shape index (κ2) is 8.05. The van der Waals surface area contributed by atoms with Crippen LogP contribution in [0.25, 0.3) is 0 Å². The topological polar surface area (TPSA) is 67.7 Å². The zero-order chi connectivity index (χ0) is 23.6. The molecule has 0 aromatic heterocycles. The van der Waals surface area contributed by atoms with Gasteiger partial charge in [0.1, 0.15) is 11.9 Å². The number of nitriles is 1. The van der Waals surface area contributed by atoms with Crippen LogP contribution in [0, 0.1) is 29.0 Å². The summed E-state index contributed by atoms with van der Waals surface area (Å²) in [6.45, 7) is 3.29. The molecule has 34 heavy (non-hydrogen) atoms. The van der Waals surface area contributed by atoms with E-state index in [1.165, 1.54) is 18.6 Å². The van der Waals surface area contributed by atoms with Gasteiger partial charge >= 0.3 is 0 Å². The molecule has 6 atom stereocenters. The monoisotopic (exact) mass is 464 g/mol. The van der Waals surface area contributed by atoms with E-state index in [1.54, 1.807) is 0 Å². The fourth-order valence-electron chi connectivity index (χ4n) is 7.56. The predicted octanol–water partition coefficient (Wildman–Crippen LogP) is 3.42. The van der Waals surface area contributed by atoms with Crippen LogP contribution in [-0.2, 0) is 15.1 Å². The maximum atomic E-state index is 13.8. The van der Waals surface area contributed by atoms with Crippen molar-refractivity contribution >= 4 is 11.8 Å². The molecule has 6 nitrogen and oxygen atoms in total. The summed E-state index contributed by atoms with van der Waals surface area (Å²) >= 11 is 0. The molecule has 3 heterocycles. The number of carbonyl (C=O) groups is 2. The van der Waals surface area contributed by atoms with E-state index in [-0.39, 0.29) is 53.3 Å². The minimum absolute atomic E-state index is 0.0682. The van der Waals surface area contributed by atoms with Crippen molar-refractivity contribution in [3.8, 4) is 6.07 Å². The molecule has 7 heteroatoms. The Labute approximate surface area is 200 Å². The van der Waals surface area contributed by atoms with Crippen molar-refractivity contribution in [1.29, 1.82) is 5.26 Å². The fraction of sp³-hybridized carbons (Fsp3) is 0.667. The van der Waals surface area contributed by atoms with Crippen LogP contribution < -0.4 is 0 Å². The van der Waals surface area contributed by atoms with Gasteiger partial charge in [0.15, 0.2) is 0 Å². The first-order valence-corrected chi connectivity index (χ1v) is 13.0. The Morgan fingerprint density at radius 2 is 1.91 bits per heavy atom. The van der Waals surface area contributed by atoms with E-state index in [9.17, 15) is 19.2 Å².